The van der Waals surface area contributed by atoms with Gasteiger partial charge in [0, 0.05) is 43.4 Å². The number of likely N-dealkylation sites (tertiary alicyclic amines) is 1. The minimum atomic E-state index is -0.0273. The van der Waals surface area contributed by atoms with E-state index < -0.39 is 0 Å². The lowest BCUT2D eigenvalue weighted by Crippen LogP contribution is -2.24. The first-order valence-corrected chi connectivity index (χ1v) is 7.85. The van der Waals surface area contributed by atoms with Gasteiger partial charge in [-0.15, -0.1) is 0 Å². The quantitative estimate of drug-likeness (QED) is 0.739. The van der Waals surface area contributed by atoms with E-state index in [1.165, 1.54) is 0 Å². The summed E-state index contributed by atoms with van der Waals surface area (Å²) >= 11 is 0. The summed E-state index contributed by atoms with van der Waals surface area (Å²) in [5, 5.41) is 4.07. The summed E-state index contributed by atoms with van der Waals surface area (Å²) < 4.78 is 5.33. The molecule has 0 unspecified atom stereocenters. The van der Waals surface area contributed by atoms with Crippen LogP contribution >= 0.6 is 0 Å². The Balaban J connectivity index is 1.48. The molecular formula is C18H16N4O2. The van der Waals surface area contributed by atoms with Gasteiger partial charge in [0.15, 0.2) is 5.82 Å². The molecule has 4 rings (SSSR count). The van der Waals surface area contributed by atoms with Crippen LogP contribution in [0.2, 0.25) is 0 Å². The molecule has 6 nitrogen and oxygen atoms in total. The fourth-order valence-corrected chi connectivity index (χ4v) is 2.91. The lowest BCUT2D eigenvalue weighted by Gasteiger charge is -2.15. The van der Waals surface area contributed by atoms with Gasteiger partial charge in [-0.2, -0.15) is 4.98 Å². The number of pyridine rings is 1. The zero-order valence-electron chi connectivity index (χ0n) is 13.0. The molecule has 0 spiro atoms. The molecule has 1 fully saturated rings. The summed E-state index contributed by atoms with van der Waals surface area (Å²) in [6, 6.07) is 13.6. The zero-order chi connectivity index (χ0) is 16.4. The normalized spacial score (nSPS) is 17.4. The van der Waals surface area contributed by atoms with E-state index in [4.69, 9.17) is 4.52 Å². The molecule has 120 valence electrons. The third kappa shape index (κ3) is 2.90. The molecule has 0 aliphatic carbocycles. The largest absolute Gasteiger partial charge is 0.338 e. The molecule has 1 aliphatic heterocycles. The van der Waals surface area contributed by atoms with Crippen LogP contribution in [0.5, 0.6) is 0 Å². The van der Waals surface area contributed by atoms with Gasteiger partial charge in [-0.3, -0.25) is 9.78 Å². The van der Waals surface area contributed by atoms with Gasteiger partial charge in [0.05, 0.1) is 0 Å². The first-order valence-electron chi connectivity index (χ1n) is 7.85. The van der Waals surface area contributed by atoms with Crippen molar-refractivity contribution in [2.75, 3.05) is 6.54 Å². The topological polar surface area (TPSA) is 72.1 Å². The minimum Gasteiger partial charge on any atom is -0.338 e. The monoisotopic (exact) mass is 320 g/mol. The Hall–Kier alpha value is -3.02. The summed E-state index contributed by atoms with van der Waals surface area (Å²) in [5.41, 5.74) is 1.95. The maximum Gasteiger partial charge on any atom is 0.258 e. The van der Waals surface area contributed by atoms with Gasteiger partial charge in [-0.1, -0.05) is 35.5 Å². The van der Waals surface area contributed by atoms with E-state index in [-0.39, 0.29) is 11.8 Å². The zero-order valence-corrected chi connectivity index (χ0v) is 13.0. The van der Waals surface area contributed by atoms with Crippen LogP contribution in [0.4, 0.5) is 0 Å². The smallest absolute Gasteiger partial charge is 0.258 e. The van der Waals surface area contributed by atoms with E-state index in [0.717, 1.165) is 11.1 Å². The Morgan fingerprint density at radius 3 is 2.71 bits per heavy atom. The molecule has 3 aromatic rings. The second-order valence-electron chi connectivity index (χ2n) is 5.85. The van der Waals surface area contributed by atoms with Crippen LogP contribution in [0.1, 0.15) is 23.7 Å². The van der Waals surface area contributed by atoms with Crippen LogP contribution < -0.4 is 0 Å². The van der Waals surface area contributed by atoms with Gasteiger partial charge in [0.25, 0.3) is 5.89 Å². The average Bonchev–Trinajstić information content (AvgIpc) is 3.24. The molecule has 1 saturated heterocycles. The highest BCUT2D eigenvalue weighted by Crippen LogP contribution is 2.29. The number of benzene rings is 1. The molecule has 1 aliphatic rings. The Morgan fingerprint density at radius 2 is 1.92 bits per heavy atom. The fraction of sp³-hybridized carbons (Fsp3) is 0.222. The maximum atomic E-state index is 12.3. The molecule has 2 aromatic heterocycles. The molecule has 0 radical (unpaired) electrons. The number of hydrogen-bond acceptors (Lipinski definition) is 5. The second-order valence-corrected chi connectivity index (χ2v) is 5.85. The van der Waals surface area contributed by atoms with Gasteiger partial charge in [-0.25, -0.2) is 0 Å². The third-order valence-electron chi connectivity index (χ3n) is 4.16. The Labute approximate surface area is 139 Å². The van der Waals surface area contributed by atoms with Crippen LogP contribution in [0.25, 0.3) is 11.5 Å². The third-order valence-corrected chi connectivity index (χ3v) is 4.16. The van der Waals surface area contributed by atoms with Crippen molar-refractivity contribution >= 4 is 5.91 Å². The van der Waals surface area contributed by atoms with Crippen LogP contribution in [-0.2, 0) is 11.3 Å². The van der Waals surface area contributed by atoms with Crippen LogP contribution in [0.15, 0.2) is 59.4 Å². The molecule has 0 N–H and O–H groups in total. The van der Waals surface area contributed by atoms with Crippen molar-refractivity contribution in [1.29, 1.82) is 0 Å². The van der Waals surface area contributed by atoms with E-state index in [9.17, 15) is 4.79 Å². The number of carbonyl (C=O) groups is 1. The summed E-state index contributed by atoms with van der Waals surface area (Å²) in [5.74, 6) is 1.15. The van der Waals surface area contributed by atoms with E-state index in [0.29, 0.717) is 31.2 Å². The van der Waals surface area contributed by atoms with E-state index >= 15 is 0 Å². The van der Waals surface area contributed by atoms with Crippen molar-refractivity contribution in [2.24, 2.45) is 0 Å². The summed E-state index contributed by atoms with van der Waals surface area (Å²) in [7, 11) is 0. The highest BCUT2D eigenvalue weighted by atomic mass is 16.5. The number of hydrogen-bond donors (Lipinski definition) is 0. The molecule has 1 amide bonds. The lowest BCUT2D eigenvalue weighted by atomic mass is 10.1. The predicted octanol–water partition coefficient (Wildman–Crippen LogP) is 2.65. The van der Waals surface area contributed by atoms with E-state index in [1.807, 2.05) is 47.4 Å². The fourth-order valence-electron chi connectivity index (χ4n) is 2.91. The second kappa shape index (κ2) is 6.23. The highest BCUT2D eigenvalue weighted by molar-refractivity contribution is 5.79. The summed E-state index contributed by atoms with van der Waals surface area (Å²) in [6.45, 7) is 1.23. The number of aromatic nitrogens is 3. The Bertz CT molecular complexity index is 832. The van der Waals surface area contributed by atoms with Crippen molar-refractivity contribution in [1.82, 2.24) is 20.0 Å². The first-order chi connectivity index (χ1) is 11.8. The van der Waals surface area contributed by atoms with Crippen molar-refractivity contribution in [2.45, 2.75) is 18.9 Å². The van der Waals surface area contributed by atoms with Crippen LogP contribution in [-0.4, -0.2) is 32.5 Å². The molecule has 24 heavy (non-hydrogen) atoms. The maximum absolute atomic E-state index is 12.3. The summed E-state index contributed by atoms with van der Waals surface area (Å²) in [6.07, 6.45) is 3.78. The average molecular weight is 320 g/mol. The molecule has 1 atom stereocenters. The number of carbonyl (C=O) groups excluding carboxylic acids is 1. The predicted molar refractivity (Wildman–Crippen MR) is 86.7 cm³/mol. The Morgan fingerprint density at radius 1 is 1.12 bits per heavy atom. The van der Waals surface area contributed by atoms with Crippen molar-refractivity contribution in [3.63, 3.8) is 0 Å². The molecule has 6 heteroatoms. The Kier molecular flexibility index (Phi) is 3.78. The highest BCUT2D eigenvalue weighted by Gasteiger charge is 2.33. The lowest BCUT2D eigenvalue weighted by molar-refractivity contribution is -0.128. The standard InChI is InChI=1S/C18H16N4O2/c23-16-10-15(12-22(16)11-13-4-2-1-3-5-13)17-20-18(24-21-17)14-6-8-19-9-7-14/h1-9,15H,10-12H2/t15-/m1/s1. The minimum absolute atomic E-state index is 0.0273. The molecule has 0 saturated carbocycles. The molecular weight excluding hydrogens is 304 g/mol. The number of nitrogens with zero attached hydrogens (tertiary/aromatic N) is 4. The molecule has 3 heterocycles. The van der Waals surface area contributed by atoms with Gasteiger partial charge in [-0.05, 0) is 17.7 Å². The van der Waals surface area contributed by atoms with E-state index in [2.05, 4.69) is 15.1 Å². The number of rotatable bonds is 4. The van der Waals surface area contributed by atoms with Gasteiger partial charge in [0.2, 0.25) is 5.91 Å². The number of amides is 1. The van der Waals surface area contributed by atoms with Gasteiger partial charge >= 0.3 is 0 Å². The first kappa shape index (κ1) is 14.6. The van der Waals surface area contributed by atoms with Gasteiger partial charge in [0.1, 0.15) is 0 Å². The van der Waals surface area contributed by atoms with Crippen LogP contribution in [0, 0.1) is 0 Å². The van der Waals surface area contributed by atoms with Crippen molar-refractivity contribution in [3.8, 4) is 11.5 Å². The SMILES string of the molecule is O=C1C[C@@H](c2noc(-c3ccncc3)n2)CN1Cc1ccccc1. The molecule has 0 bridgehead atoms. The van der Waals surface area contributed by atoms with Crippen LogP contribution in [0.3, 0.4) is 0 Å². The molecule has 1 aromatic carbocycles. The van der Waals surface area contributed by atoms with E-state index in [1.54, 1.807) is 12.4 Å². The van der Waals surface area contributed by atoms with Gasteiger partial charge < -0.3 is 9.42 Å². The van der Waals surface area contributed by atoms with Crippen molar-refractivity contribution in [3.05, 3.63) is 66.2 Å². The van der Waals surface area contributed by atoms with Crippen molar-refractivity contribution < 1.29 is 9.32 Å². The summed E-state index contributed by atoms with van der Waals surface area (Å²) in [4.78, 5) is 22.5.